The summed E-state index contributed by atoms with van der Waals surface area (Å²) in [4.78, 5) is 20.6. The predicted octanol–water partition coefficient (Wildman–Crippen LogP) is 3.98. The molecule has 0 saturated heterocycles. The molecule has 6 aromatic rings. The molecule has 0 radical (unpaired) electrons. The molecule has 0 bridgehead atoms. The first-order chi connectivity index (χ1) is 18.4. The molecule has 0 fully saturated rings. The fourth-order valence-electron chi connectivity index (χ4n) is 4.58. The zero-order valence-corrected chi connectivity index (χ0v) is 20.8. The SMILES string of the molecule is CC(C)(C#N)c1ccc(-n2c3c4cc(-c5ccc(NC(=O)CN)nc5)ccc4ncc3n3cnnc23)cc1. The lowest BCUT2D eigenvalue weighted by molar-refractivity contribution is -0.114. The number of anilines is 1. The molecule has 3 N–H and O–H groups in total. The number of carbonyl (C=O) groups is 1. The van der Waals surface area contributed by atoms with Gasteiger partial charge < -0.3 is 11.1 Å². The quantitative estimate of drug-likeness (QED) is 0.364. The number of benzene rings is 2. The van der Waals surface area contributed by atoms with E-state index in [0.29, 0.717) is 11.6 Å². The minimum Gasteiger partial charge on any atom is -0.322 e. The van der Waals surface area contributed by atoms with Crippen LogP contribution in [0, 0.1) is 11.3 Å². The zero-order valence-electron chi connectivity index (χ0n) is 20.8. The molecule has 0 spiro atoms. The molecule has 4 heterocycles. The van der Waals surface area contributed by atoms with Crippen LogP contribution in [0.1, 0.15) is 19.4 Å². The summed E-state index contributed by atoms with van der Waals surface area (Å²) in [5, 5.41) is 21.7. The number of nitrogens with zero attached hydrogens (tertiary/aromatic N) is 7. The lowest BCUT2D eigenvalue weighted by Gasteiger charge is -2.16. The molecule has 0 saturated carbocycles. The zero-order chi connectivity index (χ0) is 26.4. The number of pyridine rings is 2. The number of hydrogen-bond acceptors (Lipinski definition) is 7. The Morgan fingerprint density at radius 1 is 1.05 bits per heavy atom. The third-order valence-corrected chi connectivity index (χ3v) is 6.71. The molecule has 0 aliphatic rings. The molecule has 38 heavy (non-hydrogen) atoms. The van der Waals surface area contributed by atoms with Crippen LogP contribution in [0.4, 0.5) is 5.82 Å². The molecule has 10 nitrogen and oxygen atoms in total. The van der Waals surface area contributed by atoms with Crippen LogP contribution in [0.2, 0.25) is 0 Å². The van der Waals surface area contributed by atoms with E-state index in [-0.39, 0.29) is 12.5 Å². The van der Waals surface area contributed by atoms with Gasteiger partial charge in [0.2, 0.25) is 11.7 Å². The van der Waals surface area contributed by atoms with Crippen LogP contribution in [0.3, 0.4) is 0 Å². The van der Waals surface area contributed by atoms with E-state index in [1.54, 1.807) is 18.6 Å². The summed E-state index contributed by atoms with van der Waals surface area (Å²) < 4.78 is 3.97. The van der Waals surface area contributed by atoms with Crippen molar-refractivity contribution in [1.82, 2.24) is 29.1 Å². The van der Waals surface area contributed by atoms with Gasteiger partial charge in [-0.05, 0) is 61.4 Å². The number of nitrogens with two attached hydrogens (primary N) is 1. The second-order valence-corrected chi connectivity index (χ2v) is 9.53. The molecular formula is C28H23N9O. The molecule has 4 aromatic heterocycles. The van der Waals surface area contributed by atoms with E-state index >= 15 is 0 Å². The van der Waals surface area contributed by atoms with E-state index in [1.807, 2.05) is 66.9 Å². The first kappa shape index (κ1) is 23.3. The Balaban J connectivity index is 1.53. The Bertz CT molecular complexity index is 1870. The summed E-state index contributed by atoms with van der Waals surface area (Å²) in [5.41, 5.74) is 11.1. The molecule has 0 aliphatic heterocycles. The van der Waals surface area contributed by atoms with Crippen molar-refractivity contribution >= 4 is 39.4 Å². The summed E-state index contributed by atoms with van der Waals surface area (Å²) in [7, 11) is 0. The maximum Gasteiger partial charge on any atom is 0.241 e. The van der Waals surface area contributed by atoms with Crippen LogP contribution in [-0.2, 0) is 10.2 Å². The average molecular weight is 502 g/mol. The Hall–Kier alpha value is -5.14. The van der Waals surface area contributed by atoms with Crippen molar-refractivity contribution in [3.05, 3.63) is 78.9 Å². The lowest BCUT2D eigenvalue weighted by atomic mass is 9.86. The van der Waals surface area contributed by atoms with E-state index in [4.69, 9.17) is 10.7 Å². The largest absolute Gasteiger partial charge is 0.322 e. The third-order valence-electron chi connectivity index (χ3n) is 6.71. The minimum absolute atomic E-state index is 0.103. The summed E-state index contributed by atoms with van der Waals surface area (Å²) in [6, 6.07) is 20.0. The van der Waals surface area contributed by atoms with Crippen LogP contribution in [0.5, 0.6) is 0 Å². The molecule has 10 heteroatoms. The van der Waals surface area contributed by atoms with Crippen molar-refractivity contribution in [3.8, 4) is 22.9 Å². The van der Waals surface area contributed by atoms with Gasteiger partial charge in [-0.3, -0.25) is 18.7 Å². The standard InChI is InChI=1S/C28H23N9O/c1-28(2,15-30)19-5-7-20(8-6-19)37-26-21-11-17(18-4-10-24(32-13-18)34-25(38)12-29)3-9-22(21)31-14-23(26)36-16-33-35-27(36)37/h3-11,13-14,16H,12,29H2,1-2H3,(H,32,34,38). The lowest BCUT2D eigenvalue weighted by Crippen LogP contribution is -2.22. The maximum atomic E-state index is 11.6. The highest BCUT2D eigenvalue weighted by Crippen LogP contribution is 2.33. The number of fused-ring (bicyclic) bond motifs is 5. The Kier molecular flexibility index (Phi) is 5.36. The molecule has 0 aliphatic carbocycles. The van der Waals surface area contributed by atoms with Gasteiger partial charge in [-0.2, -0.15) is 5.26 Å². The van der Waals surface area contributed by atoms with Gasteiger partial charge in [-0.1, -0.05) is 18.2 Å². The van der Waals surface area contributed by atoms with Gasteiger partial charge in [-0.25, -0.2) is 4.98 Å². The fraction of sp³-hybridized carbons (Fsp3) is 0.143. The molecule has 186 valence electrons. The highest BCUT2D eigenvalue weighted by molar-refractivity contribution is 6.06. The molecular weight excluding hydrogens is 478 g/mol. The van der Waals surface area contributed by atoms with Crippen molar-refractivity contribution in [2.75, 3.05) is 11.9 Å². The fourth-order valence-corrected chi connectivity index (χ4v) is 4.58. The van der Waals surface area contributed by atoms with Gasteiger partial charge in [0.15, 0.2) is 0 Å². The van der Waals surface area contributed by atoms with Gasteiger partial charge in [0.05, 0.1) is 40.8 Å². The van der Waals surface area contributed by atoms with Gasteiger partial charge in [0, 0.05) is 22.8 Å². The second kappa shape index (κ2) is 8.76. The molecule has 0 unspecified atom stereocenters. The van der Waals surface area contributed by atoms with Gasteiger partial charge in [0.1, 0.15) is 12.1 Å². The van der Waals surface area contributed by atoms with Crippen LogP contribution < -0.4 is 11.1 Å². The number of amides is 1. The molecule has 0 atom stereocenters. The number of aromatic nitrogens is 6. The number of carbonyl (C=O) groups excluding carboxylic acids is 1. The van der Waals surface area contributed by atoms with E-state index in [2.05, 4.69) is 37.2 Å². The third kappa shape index (κ3) is 3.73. The van der Waals surface area contributed by atoms with E-state index < -0.39 is 5.41 Å². The summed E-state index contributed by atoms with van der Waals surface area (Å²) in [6.07, 6.45) is 5.22. The Labute approximate surface area is 217 Å². The van der Waals surface area contributed by atoms with Gasteiger partial charge in [-0.15, -0.1) is 10.2 Å². The normalized spacial score (nSPS) is 11.7. The smallest absolute Gasteiger partial charge is 0.241 e. The van der Waals surface area contributed by atoms with Crippen molar-refractivity contribution < 1.29 is 4.79 Å². The average Bonchev–Trinajstić information content (AvgIpc) is 3.54. The number of hydrogen-bond donors (Lipinski definition) is 2. The first-order valence-corrected chi connectivity index (χ1v) is 12.0. The highest BCUT2D eigenvalue weighted by Gasteiger charge is 2.21. The van der Waals surface area contributed by atoms with Gasteiger partial charge in [0.25, 0.3) is 0 Å². The second-order valence-electron chi connectivity index (χ2n) is 9.53. The van der Waals surface area contributed by atoms with Crippen LogP contribution >= 0.6 is 0 Å². The van der Waals surface area contributed by atoms with Crippen molar-refractivity contribution in [2.45, 2.75) is 19.3 Å². The van der Waals surface area contributed by atoms with E-state index in [1.165, 1.54) is 0 Å². The van der Waals surface area contributed by atoms with Crippen molar-refractivity contribution in [3.63, 3.8) is 0 Å². The van der Waals surface area contributed by atoms with Crippen molar-refractivity contribution in [1.29, 1.82) is 5.26 Å². The van der Waals surface area contributed by atoms with Crippen LogP contribution in [0.15, 0.2) is 73.3 Å². The molecule has 1 amide bonds. The summed E-state index contributed by atoms with van der Waals surface area (Å²) >= 11 is 0. The number of imidazole rings is 1. The number of nitrogens with one attached hydrogen (secondary N) is 1. The molecule has 2 aromatic carbocycles. The van der Waals surface area contributed by atoms with Gasteiger partial charge >= 0.3 is 0 Å². The Morgan fingerprint density at radius 3 is 2.55 bits per heavy atom. The first-order valence-electron chi connectivity index (χ1n) is 12.0. The number of rotatable bonds is 5. The topological polar surface area (TPSA) is 140 Å². The Morgan fingerprint density at radius 2 is 1.84 bits per heavy atom. The predicted molar refractivity (Wildman–Crippen MR) is 145 cm³/mol. The van der Waals surface area contributed by atoms with Crippen LogP contribution in [-0.4, -0.2) is 41.6 Å². The highest BCUT2D eigenvalue weighted by atomic mass is 16.1. The van der Waals surface area contributed by atoms with E-state index in [0.717, 1.165) is 44.3 Å². The summed E-state index contributed by atoms with van der Waals surface area (Å²) in [5.74, 6) is 0.808. The minimum atomic E-state index is -0.594. The molecule has 6 rings (SSSR count). The summed E-state index contributed by atoms with van der Waals surface area (Å²) in [6.45, 7) is 3.70. The number of nitriles is 1. The van der Waals surface area contributed by atoms with Crippen LogP contribution in [0.25, 0.3) is 44.5 Å². The van der Waals surface area contributed by atoms with Crippen molar-refractivity contribution in [2.24, 2.45) is 5.73 Å². The van der Waals surface area contributed by atoms with E-state index in [9.17, 15) is 10.1 Å². The monoisotopic (exact) mass is 501 g/mol. The maximum absolute atomic E-state index is 11.6.